The average Bonchev–Trinajstić information content (AvgIpc) is 3.27. The van der Waals surface area contributed by atoms with Gasteiger partial charge in [0.15, 0.2) is 22.8 Å². The summed E-state index contributed by atoms with van der Waals surface area (Å²) in [5.74, 6) is -3.59. The zero-order valence-electron chi connectivity index (χ0n) is 15.2. The first-order chi connectivity index (χ1) is 13.1. The van der Waals surface area contributed by atoms with E-state index in [0.717, 1.165) is 0 Å². The standard InChI is InChI=1S/C18H14N8O2/c1-16(10-21,6-5-14(27)12(8-19)9-20)25-26-17(2,11-22)7-13-15(28)18(13,23-3)24-4/h12-13H,5-7H2,1-2H3. The number of azo groups is 1. The summed E-state index contributed by atoms with van der Waals surface area (Å²) in [6.07, 6.45) is -0.566. The highest BCUT2D eigenvalue weighted by atomic mass is 16.1. The van der Waals surface area contributed by atoms with Crippen molar-refractivity contribution in [3.8, 4) is 24.3 Å². The van der Waals surface area contributed by atoms with Crippen molar-refractivity contribution < 1.29 is 9.59 Å². The van der Waals surface area contributed by atoms with Crippen LogP contribution in [0.4, 0.5) is 0 Å². The lowest BCUT2D eigenvalue weighted by atomic mass is 9.93. The Kier molecular flexibility index (Phi) is 6.31. The molecule has 0 aliphatic heterocycles. The number of nitrogens with zero attached hydrogens (tertiary/aromatic N) is 8. The molecule has 0 amide bonds. The van der Waals surface area contributed by atoms with Crippen molar-refractivity contribution >= 4 is 11.6 Å². The highest BCUT2D eigenvalue weighted by Crippen LogP contribution is 2.49. The molecule has 10 nitrogen and oxygen atoms in total. The van der Waals surface area contributed by atoms with Crippen molar-refractivity contribution in [2.45, 2.75) is 49.9 Å². The van der Waals surface area contributed by atoms with Gasteiger partial charge in [0, 0.05) is 12.8 Å². The number of carbonyl (C=O) groups is 2. The minimum Gasteiger partial charge on any atom is -0.297 e. The lowest BCUT2D eigenvalue weighted by Crippen LogP contribution is -2.26. The SMILES string of the molecule is [C-]#[N+]C1([N+]#[C-])C(=O)C1CC(C)(C#N)N=NC(C)(C#N)CCC(=O)C(C#N)C#N. The van der Waals surface area contributed by atoms with Gasteiger partial charge in [0.1, 0.15) is 0 Å². The van der Waals surface area contributed by atoms with E-state index in [1.165, 1.54) is 13.8 Å². The number of nitriles is 4. The van der Waals surface area contributed by atoms with Crippen LogP contribution in [0.5, 0.6) is 0 Å². The van der Waals surface area contributed by atoms with Crippen LogP contribution in [-0.2, 0) is 9.59 Å². The second-order valence-corrected chi connectivity index (χ2v) is 6.70. The largest absolute Gasteiger partial charge is 0.554 e. The minimum atomic E-state index is -1.80. The maximum Gasteiger partial charge on any atom is 0.554 e. The van der Waals surface area contributed by atoms with Gasteiger partial charge in [-0.25, -0.2) is 22.8 Å². The predicted octanol–water partition coefficient (Wildman–Crippen LogP) is 2.14. The lowest BCUT2D eigenvalue weighted by molar-refractivity contribution is -0.120. The second-order valence-electron chi connectivity index (χ2n) is 6.70. The van der Waals surface area contributed by atoms with Crippen molar-refractivity contribution in [1.82, 2.24) is 0 Å². The minimum absolute atomic E-state index is 0.121. The smallest absolute Gasteiger partial charge is 0.297 e. The van der Waals surface area contributed by atoms with E-state index >= 15 is 0 Å². The summed E-state index contributed by atoms with van der Waals surface area (Å²) in [6.45, 7) is 16.8. The number of carbonyl (C=O) groups excluding carboxylic acids is 2. The lowest BCUT2D eigenvalue weighted by Gasteiger charge is -2.18. The molecule has 0 spiro atoms. The molecule has 0 aromatic heterocycles. The zero-order chi connectivity index (χ0) is 21.6. The fraction of sp³-hybridized carbons (Fsp3) is 0.556. The third-order valence-electron chi connectivity index (χ3n) is 4.44. The van der Waals surface area contributed by atoms with Gasteiger partial charge in [0.05, 0.1) is 24.3 Å². The van der Waals surface area contributed by atoms with Crippen molar-refractivity contribution in [2.75, 3.05) is 0 Å². The quantitative estimate of drug-likeness (QED) is 0.466. The summed E-state index contributed by atoms with van der Waals surface area (Å²) in [4.78, 5) is 29.7. The van der Waals surface area contributed by atoms with E-state index in [1.54, 1.807) is 12.1 Å². The Balaban J connectivity index is 2.93. The third-order valence-corrected chi connectivity index (χ3v) is 4.44. The van der Waals surface area contributed by atoms with Gasteiger partial charge in [0.2, 0.25) is 5.92 Å². The first-order valence-corrected chi connectivity index (χ1v) is 8.01. The van der Waals surface area contributed by atoms with Crippen LogP contribution in [0.25, 0.3) is 9.69 Å². The van der Waals surface area contributed by atoms with E-state index in [0.29, 0.717) is 0 Å². The third kappa shape index (κ3) is 4.16. The maximum absolute atomic E-state index is 11.8. The van der Waals surface area contributed by atoms with Crippen molar-refractivity contribution in [1.29, 1.82) is 21.0 Å². The number of hydrogen-bond acceptors (Lipinski definition) is 8. The first-order valence-electron chi connectivity index (χ1n) is 8.01. The van der Waals surface area contributed by atoms with Crippen LogP contribution in [-0.4, -0.2) is 28.3 Å². The van der Waals surface area contributed by atoms with Gasteiger partial charge in [-0.3, -0.25) is 9.59 Å². The van der Waals surface area contributed by atoms with Gasteiger partial charge in [0.25, 0.3) is 0 Å². The van der Waals surface area contributed by atoms with Gasteiger partial charge >= 0.3 is 11.4 Å². The highest BCUT2D eigenvalue weighted by molar-refractivity contribution is 6.11. The molecule has 0 bridgehead atoms. The Morgan fingerprint density at radius 2 is 1.64 bits per heavy atom. The summed E-state index contributed by atoms with van der Waals surface area (Å²) < 4.78 is 0. The van der Waals surface area contributed by atoms with Gasteiger partial charge in [-0.1, -0.05) is 0 Å². The van der Waals surface area contributed by atoms with E-state index in [1.807, 2.05) is 12.1 Å². The van der Waals surface area contributed by atoms with E-state index < -0.39 is 40.1 Å². The number of hydrogen-bond donors (Lipinski definition) is 0. The Labute approximate surface area is 161 Å². The molecule has 3 unspecified atom stereocenters. The van der Waals surface area contributed by atoms with E-state index in [-0.39, 0.29) is 19.3 Å². The molecule has 0 N–H and O–H groups in total. The summed E-state index contributed by atoms with van der Waals surface area (Å²) in [7, 11) is 0. The van der Waals surface area contributed by atoms with Gasteiger partial charge in [-0.2, -0.15) is 31.3 Å². The molecule has 0 saturated heterocycles. The van der Waals surface area contributed by atoms with Crippen molar-refractivity contribution in [3.63, 3.8) is 0 Å². The molecule has 0 radical (unpaired) electrons. The molecule has 1 fully saturated rings. The van der Waals surface area contributed by atoms with Crippen LogP contribution >= 0.6 is 0 Å². The van der Waals surface area contributed by atoms with Crippen molar-refractivity contribution in [3.05, 3.63) is 22.8 Å². The molecule has 138 valence electrons. The highest BCUT2D eigenvalue weighted by Gasteiger charge is 2.83. The first kappa shape index (κ1) is 21.9. The molecular weight excluding hydrogens is 360 g/mol. The topological polar surface area (TPSA) is 163 Å². The number of rotatable bonds is 8. The fourth-order valence-corrected chi connectivity index (χ4v) is 2.40. The van der Waals surface area contributed by atoms with Gasteiger partial charge < -0.3 is 0 Å². The molecule has 0 aromatic rings. The molecule has 1 aliphatic carbocycles. The van der Waals surface area contributed by atoms with Crippen LogP contribution in [0.1, 0.15) is 33.1 Å². The van der Waals surface area contributed by atoms with Gasteiger partial charge in [-0.15, -0.1) is 0 Å². The number of Topliss-reactive ketones (excluding diaryl/α,β-unsaturated/α-hetero) is 2. The van der Waals surface area contributed by atoms with Crippen LogP contribution in [0.2, 0.25) is 0 Å². The zero-order valence-corrected chi connectivity index (χ0v) is 15.2. The van der Waals surface area contributed by atoms with Crippen molar-refractivity contribution in [2.24, 2.45) is 22.1 Å². The summed E-state index contributed by atoms with van der Waals surface area (Å²) in [5.41, 5.74) is -4.84. The summed E-state index contributed by atoms with van der Waals surface area (Å²) in [5, 5.41) is 43.9. The molecule has 0 heterocycles. The van der Waals surface area contributed by atoms with Gasteiger partial charge in [-0.05, 0) is 20.3 Å². The molecule has 3 atom stereocenters. The summed E-state index contributed by atoms with van der Waals surface area (Å²) >= 11 is 0. The number of ketones is 2. The Bertz CT molecular complexity index is 946. The monoisotopic (exact) mass is 374 g/mol. The van der Waals surface area contributed by atoms with E-state index in [4.69, 9.17) is 23.7 Å². The van der Waals surface area contributed by atoms with Crippen LogP contribution in [0.15, 0.2) is 10.2 Å². The van der Waals surface area contributed by atoms with E-state index in [9.17, 15) is 20.1 Å². The maximum atomic E-state index is 11.8. The molecule has 0 aromatic carbocycles. The predicted molar refractivity (Wildman–Crippen MR) is 90.9 cm³/mol. The Hall–Kier alpha value is -4.12. The second kappa shape index (κ2) is 8.05. The Morgan fingerprint density at radius 1 is 1.14 bits per heavy atom. The van der Waals surface area contributed by atoms with Crippen LogP contribution < -0.4 is 0 Å². The molecular formula is C18H14N8O2. The average molecular weight is 374 g/mol. The van der Waals surface area contributed by atoms with Crippen LogP contribution in [0, 0.1) is 70.3 Å². The molecule has 28 heavy (non-hydrogen) atoms. The Morgan fingerprint density at radius 3 is 2.04 bits per heavy atom. The van der Waals surface area contributed by atoms with Crippen LogP contribution in [0.3, 0.4) is 0 Å². The molecule has 1 aliphatic rings. The molecule has 1 saturated carbocycles. The fourth-order valence-electron chi connectivity index (χ4n) is 2.40. The summed E-state index contributed by atoms with van der Waals surface area (Å²) in [6, 6.07) is 6.85. The molecule has 1 rings (SSSR count). The van der Waals surface area contributed by atoms with E-state index in [2.05, 4.69) is 19.9 Å². The molecule has 10 heteroatoms. The normalized spacial score (nSPS) is 20.9.